The van der Waals surface area contributed by atoms with Crippen molar-refractivity contribution in [2.75, 3.05) is 19.2 Å². The van der Waals surface area contributed by atoms with Gasteiger partial charge in [0.25, 0.3) is 5.91 Å². The Kier molecular flexibility index (Phi) is 3.98. The fourth-order valence-electron chi connectivity index (χ4n) is 2.17. The highest BCUT2D eigenvalue weighted by Crippen LogP contribution is 2.25. The topological polar surface area (TPSA) is 41.6 Å². The van der Waals surface area contributed by atoms with E-state index >= 15 is 0 Å². The third-order valence-electron chi connectivity index (χ3n) is 3.38. The van der Waals surface area contributed by atoms with E-state index in [2.05, 4.69) is 5.43 Å². The minimum Gasteiger partial charge on any atom is -0.497 e. The van der Waals surface area contributed by atoms with Crippen molar-refractivity contribution in [2.45, 2.75) is 0 Å². The number of methoxy groups -OCH3 is 1. The van der Waals surface area contributed by atoms with Crippen molar-refractivity contribution in [1.29, 1.82) is 0 Å². The van der Waals surface area contributed by atoms with E-state index in [1.807, 2.05) is 61.6 Å². The summed E-state index contributed by atoms with van der Waals surface area (Å²) in [6, 6.07) is 17.4. The first-order valence-electron chi connectivity index (χ1n) is 6.85. The molecule has 0 saturated carbocycles. The Hall–Kier alpha value is -2.53. The smallest absolute Gasteiger partial charge is 0.279 e. The molecule has 1 amide bonds. The minimum absolute atomic E-state index is 0.112. The first-order valence-corrected chi connectivity index (χ1v) is 7.66. The summed E-state index contributed by atoms with van der Waals surface area (Å²) in [7, 11) is 3.44. The molecule has 5 heteroatoms. The standard InChI is InChI=1S/C17H16N2O2S/c1-19(13-7-9-14(21-2)10-8-13)18-17(20)16-11-12-5-3-4-6-15(12)22-16/h3-11H,1-2H3,(H,18,20). The zero-order valence-electron chi connectivity index (χ0n) is 12.4. The third-order valence-corrected chi connectivity index (χ3v) is 4.49. The van der Waals surface area contributed by atoms with Gasteiger partial charge in [0, 0.05) is 11.7 Å². The number of carbonyl (C=O) groups excluding carboxylic acids is 1. The van der Waals surface area contributed by atoms with Gasteiger partial charge in [-0.1, -0.05) is 18.2 Å². The van der Waals surface area contributed by atoms with Crippen LogP contribution < -0.4 is 15.2 Å². The predicted molar refractivity (Wildman–Crippen MR) is 90.7 cm³/mol. The molecule has 0 atom stereocenters. The second kappa shape index (κ2) is 6.07. The van der Waals surface area contributed by atoms with Gasteiger partial charge in [-0.25, -0.2) is 0 Å². The molecule has 22 heavy (non-hydrogen) atoms. The van der Waals surface area contributed by atoms with Crippen LogP contribution in [0.3, 0.4) is 0 Å². The molecular weight excluding hydrogens is 296 g/mol. The van der Waals surface area contributed by atoms with Gasteiger partial charge >= 0.3 is 0 Å². The fourth-order valence-corrected chi connectivity index (χ4v) is 3.12. The molecule has 0 bridgehead atoms. The Labute approximate surface area is 132 Å². The van der Waals surface area contributed by atoms with Crippen LogP contribution in [-0.4, -0.2) is 20.1 Å². The molecule has 0 saturated heterocycles. The minimum atomic E-state index is -0.112. The van der Waals surface area contributed by atoms with Crippen molar-refractivity contribution < 1.29 is 9.53 Å². The maximum absolute atomic E-state index is 12.4. The molecule has 0 aliphatic carbocycles. The average molecular weight is 312 g/mol. The van der Waals surface area contributed by atoms with Gasteiger partial charge in [0.1, 0.15) is 5.75 Å². The molecule has 1 heterocycles. The van der Waals surface area contributed by atoms with E-state index in [4.69, 9.17) is 4.74 Å². The van der Waals surface area contributed by atoms with Gasteiger partial charge in [0.15, 0.2) is 0 Å². The number of benzene rings is 2. The monoisotopic (exact) mass is 312 g/mol. The molecule has 1 aromatic heterocycles. The van der Waals surface area contributed by atoms with Crippen LogP contribution in [0.1, 0.15) is 9.67 Å². The van der Waals surface area contributed by atoms with Gasteiger partial charge in [0.05, 0.1) is 17.7 Å². The Bertz CT molecular complexity index is 763. The normalized spacial score (nSPS) is 10.5. The van der Waals surface area contributed by atoms with Gasteiger partial charge in [-0.15, -0.1) is 11.3 Å². The van der Waals surface area contributed by atoms with Crippen molar-refractivity contribution in [2.24, 2.45) is 0 Å². The quantitative estimate of drug-likeness (QED) is 0.747. The van der Waals surface area contributed by atoms with E-state index in [0.717, 1.165) is 21.5 Å². The number of ether oxygens (including phenoxy) is 1. The third kappa shape index (κ3) is 2.89. The Morgan fingerprint density at radius 2 is 1.86 bits per heavy atom. The lowest BCUT2D eigenvalue weighted by molar-refractivity contribution is 0.0955. The number of carbonyl (C=O) groups is 1. The number of fused-ring (bicyclic) bond motifs is 1. The van der Waals surface area contributed by atoms with E-state index in [1.165, 1.54) is 11.3 Å². The number of nitrogens with zero attached hydrogens (tertiary/aromatic N) is 1. The Balaban J connectivity index is 1.74. The second-order valence-electron chi connectivity index (χ2n) is 4.85. The molecule has 0 spiro atoms. The largest absolute Gasteiger partial charge is 0.497 e. The number of rotatable bonds is 4. The van der Waals surface area contributed by atoms with E-state index in [9.17, 15) is 4.79 Å². The Morgan fingerprint density at radius 3 is 2.55 bits per heavy atom. The van der Waals surface area contributed by atoms with Crippen LogP contribution in [0.4, 0.5) is 5.69 Å². The highest BCUT2D eigenvalue weighted by Gasteiger charge is 2.12. The molecule has 4 nitrogen and oxygen atoms in total. The molecule has 3 rings (SSSR count). The first kappa shape index (κ1) is 14.4. The number of thiophene rings is 1. The molecule has 0 aliphatic heterocycles. The Morgan fingerprint density at radius 1 is 1.14 bits per heavy atom. The van der Waals surface area contributed by atoms with Crippen LogP contribution in [0.5, 0.6) is 5.75 Å². The molecule has 0 fully saturated rings. The fraction of sp³-hybridized carbons (Fsp3) is 0.118. The van der Waals surface area contributed by atoms with Crippen molar-refractivity contribution in [1.82, 2.24) is 5.43 Å². The lowest BCUT2D eigenvalue weighted by atomic mass is 10.2. The maximum Gasteiger partial charge on any atom is 0.279 e. The molecule has 2 aromatic carbocycles. The number of anilines is 1. The van der Waals surface area contributed by atoms with Crippen LogP contribution in [0.2, 0.25) is 0 Å². The zero-order valence-corrected chi connectivity index (χ0v) is 13.2. The van der Waals surface area contributed by atoms with Crippen molar-refractivity contribution in [3.05, 3.63) is 59.5 Å². The molecule has 3 aromatic rings. The van der Waals surface area contributed by atoms with Crippen LogP contribution in [0.15, 0.2) is 54.6 Å². The van der Waals surface area contributed by atoms with E-state index in [0.29, 0.717) is 4.88 Å². The average Bonchev–Trinajstić information content (AvgIpc) is 2.99. The summed E-state index contributed by atoms with van der Waals surface area (Å²) >= 11 is 1.49. The van der Waals surface area contributed by atoms with Crippen LogP contribution in [-0.2, 0) is 0 Å². The number of amides is 1. The molecular formula is C17H16N2O2S. The van der Waals surface area contributed by atoms with Crippen molar-refractivity contribution in [3.8, 4) is 5.75 Å². The number of hydrogen-bond acceptors (Lipinski definition) is 4. The lowest BCUT2D eigenvalue weighted by Crippen LogP contribution is -2.38. The highest BCUT2D eigenvalue weighted by atomic mass is 32.1. The van der Waals surface area contributed by atoms with Gasteiger partial charge in [-0.2, -0.15) is 0 Å². The summed E-state index contributed by atoms with van der Waals surface area (Å²) in [6.45, 7) is 0. The van der Waals surface area contributed by atoms with Crippen LogP contribution in [0, 0.1) is 0 Å². The van der Waals surface area contributed by atoms with Gasteiger partial charge in [-0.05, 0) is 41.8 Å². The zero-order chi connectivity index (χ0) is 15.5. The van der Waals surface area contributed by atoms with Gasteiger partial charge in [0.2, 0.25) is 0 Å². The van der Waals surface area contributed by atoms with E-state index in [1.54, 1.807) is 12.1 Å². The summed E-state index contributed by atoms with van der Waals surface area (Å²) < 4.78 is 6.24. The molecule has 0 aliphatic rings. The summed E-state index contributed by atoms with van der Waals surface area (Å²) in [5, 5.41) is 2.79. The van der Waals surface area contributed by atoms with Crippen LogP contribution in [0.25, 0.3) is 10.1 Å². The first-order chi connectivity index (χ1) is 10.7. The number of hydrogen-bond donors (Lipinski definition) is 1. The number of nitrogens with one attached hydrogen (secondary N) is 1. The lowest BCUT2D eigenvalue weighted by Gasteiger charge is -2.20. The summed E-state index contributed by atoms with van der Waals surface area (Å²) in [5.74, 6) is 0.674. The molecule has 0 radical (unpaired) electrons. The van der Waals surface area contributed by atoms with Crippen molar-refractivity contribution >= 4 is 33.0 Å². The predicted octanol–water partition coefficient (Wildman–Crippen LogP) is 3.69. The number of hydrazine groups is 1. The summed E-state index contributed by atoms with van der Waals surface area (Å²) in [5.41, 5.74) is 3.76. The van der Waals surface area contributed by atoms with E-state index < -0.39 is 0 Å². The van der Waals surface area contributed by atoms with Crippen molar-refractivity contribution in [3.63, 3.8) is 0 Å². The SMILES string of the molecule is COc1ccc(N(C)NC(=O)c2cc3ccccc3s2)cc1. The van der Waals surface area contributed by atoms with Crippen LogP contribution >= 0.6 is 11.3 Å². The molecule has 112 valence electrons. The maximum atomic E-state index is 12.4. The molecule has 1 N–H and O–H groups in total. The summed E-state index contributed by atoms with van der Waals surface area (Å²) in [4.78, 5) is 13.0. The highest BCUT2D eigenvalue weighted by molar-refractivity contribution is 7.20. The summed E-state index contributed by atoms with van der Waals surface area (Å²) in [6.07, 6.45) is 0. The van der Waals surface area contributed by atoms with Gasteiger partial charge in [-0.3, -0.25) is 15.2 Å². The van der Waals surface area contributed by atoms with Gasteiger partial charge < -0.3 is 4.74 Å². The van der Waals surface area contributed by atoms with E-state index in [-0.39, 0.29) is 5.91 Å². The second-order valence-corrected chi connectivity index (χ2v) is 5.93. The molecule has 0 unspecified atom stereocenters.